The second kappa shape index (κ2) is 8.30. The number of rotatable bonds is 1. The van der Waals surface area contributed by atoms with Gasteiger partial charge in [-0.25, -0.2) is 0 Å². The summed E-state index contributed by atoms with van der Waals surface area (Å²) in [5.74, 6) is 0.356. The van der Waals surface area contributed by atoms with Crippen LogP contribution in [0.25, 0.3) is 0 Å². The summed E-state index contributed by atoms with van der Waals surface area (Å²) < 4.78 is 0. The maximum absolute atomic E-state index is 11.5. The van der Waals surface area contributed by atoms with Gasteiger partial charge in [0.15, 0.2) is 0 Å². The predicted octanol–water partition coefficient (Wildman–Crippen LogP) is 3.21. The fourth-order valence-corrected chi connectivity index (χ4v) is 3.76. The maximum atomic E-state index is 11.5. The molecular weight excluding hydrogens is 308 g/mol. The topological polar surface area (TPSA) is 32.3 Å². The van der Waals surface area contributed by atoms with Crippen molar-refractivity contribution in [2.75, 3.05) is 20.6 Å². The van der Waals surface area contributed by atoms with Gasteiger partial charge < -0.3 is 10.2 Å². The Morgan fingerprint density at radius 3 is 2.24 bits per heavy atom. The highest BCUT2D eigenvalue weighted by molar-refractivity contribution is 5.79. The number of fused-ring (bicyclic) bond motifs is 2. The number of aryl methyl sites for hydroxylation is 1. The molecule has 1 atom stereocenters. The van der Waals surface area contributed by atoms with Gasteiger partial charge in [-0.1, -0.05) is 48.5 Å². The maximum Gasteiger partial charge on any atom is 0.223 e. The van der Waals surface area contributed by atoms with Crippen LogP contribution in [0, 0.1) is 5.92 Å². The van der Waals surface area contributed by atoms with E-state index >= 15 is 0 Å². The van der Waals surface area contributed by atoms with E-state index in [0.29, 0.717) is 0 Å². The average molecular weight is 336 g/mol. The first-order chi connectivity index (χ1) is 12.2. The molecule has 2 aliphatic rings. The summed E-state index contributed by atoms with van der Waals surface area (Å²) in [7, 11) is 3.89. The molecule has 0 fully saturated rings. The molecule has 25 heavy (non-hydrogen) atoms. The summed E-state index contributed by atoms with van der Waals surface area (Å²) in [6.07, 6.45) is 4.13. The van der Waals surface area contributed by atoms with Crippen molar-refractivity contribution < 1.29 is 4.79 Å². The normalized spacial score (nSPS) is 19.0. The van der Waals surface area contributed by atoms with Crippen LogP contribution < -0.4 is 5.32 Å². The number of likely N-dealkylation sites (N-methyl/N-ethyl adjacent to an activating group) is 1. The smallest absolute Gasteiger partial charge is 0.223 e. The summed E-state index contributed by atoms with van der Waals surface area (Å²) in [6.45, 7) is 2.33. The third kappa shape index (κ3) is 4.49. The molecule has 3 nitrogen and oxygen atoms in total. The van der Waals surface area contributed by atoms with Crippen molar-refractivity contribution in [3.8, 4) is 0 Å². The fourth-order valence-electron chi connectivity index (χ4n) is 3.76. The summed E-state index contributed by atoms with van der Waals surface area (Å²) in [6, 6.07) is 17.1. The van der Waals surface area contributed by atoms with Gasteiger partial charge in [0.05, 0.1) is 0 Å². The molecule has 0 aromatic heterocycles. The molecule has 2 aromatic carbocycles. The minimum Gasteiger partial charge on any atom is -0.359 e. The minimum absolute atomic E-state index is 0.176. The predicted molar refractivity (Wildman–Crippen MR) is 103 cm³/mol. The van der Waals surface area contributed by atoms with E-state index in [0.717, 1.165) is 25.8 Å². The Bertz CT molecular complexity index is 725. The molecule has 3 heteroatoms. The number of hydrogen-bond donors (Lipinski definition) is 1. The van der Waals surface area contributed by atoms with Crippen molar-refractivity contribution in [3.05, 3.63) is 70.8 Å². The van der Waals surface area contributed by atoms with Crippen molar-refractivity contribution in [1.29, 1.82) is 0 Å². The molecule has 4 rings (SSSR count). The minimum atomic E-state index is 0.176. The molecule has 0 spiro atoms. The van der Waals surface area contributed by atoms with Crippen LogP contribution in [-0.4, -0.2) is 31.4 Å². The zero-order chi connectivity index (χ0) is 17.6. The fraction of sp³-hybridized carbons (Fsp3) is 0.409. The highest BCUT2D eigenvalue weighted by Crippen LogP contribution is 2.25. The molecule has 1 N–H and O–H groups in total. The van der Waals surface area contributed by atoms with Crippen LogP contribution in [0.1, 0.15) is 28.7 Å². The second-order valence-corrected chi connectivity index (χ2v) is 7.08. The largest absolute Gasteiger partial charge is 0.359 e. The van der Waals surface area contributed by atoms with Crippen molar-refractivity contribution >= 4 is 5.91 Å². The summed E-state index contributed by atoms with van der Waals surface area (Å²) >= 11 is 0. The number of carbonyl (C=O) groups is 1. The first-order valence-electron chi connectivity index (χ1n) is 9.21. The highest BCUT2D eigenvalue weighted by Gasteiger charge is 2.23. The Balaban J connectivity index is 0.000000150. The zero-order valence-electron chi connectivity index (χ0n) is 15.3. The third-order valence-electron chi connectivity index (χ3n) is 5.29. The summed E-state index contributed by atoms with van der Waals surface area (Å²) in [5.41, 5.74) is 5.78. The van der Waals surface area contributed by atoms with Crippen molar-refractivity contribution in [2.24, 2.45) is 5.92 Å². The first kappa shape index (κ1) is 17.7. The molecule has 2 aromatic rings. The third-order valence-corrected chi connectivity index (χ3v) is 5.29. The number of nitrogens with one attached hydrogen (secondary N) is 1. The Morgan fingerprint density at radius 2 is 1.56 bits per heavy atom. The van der Waals surface area contributed by atoms with Gasteiger partial charge in [-0.05, 0) is 55.0 Å². The van der Waals surface area contributed by atoms with Gasteiger partial charge in [-0.15, -0.1) is 0 Å². The highest BCUT2D eigenvalue weighted by atomic mass is 16.1. The van der Waals surface area contributed by atoms with Crippen LogP contribution >= 0.6 is 0 Å². The lowest BCUT2D eigenvalue weighted by molar-refractivity contribution is -0.124. The van der Waals surface area contributed by atoms with Gasteiger partial charge in [0.25, 0.3) is 0 Å². The van der Waals surface area contributed by atoms with Gasteiger partial charge in [0, 0.05) is 26.1 Å². The van der Waals surface area contributed by atoms with Crippen LogP contribution in [0.5, 0.6) is 0 Å². The number of carbonyl (C=O) groups excluding carboxylic acids is 1. The first-order valence-corrected chi connectivity index (χ1v) is 9.21. The van der Waals surface area contributed by atoms with Gasteiger partial charge in [0.1, 0.15) is 0 Å². The molecule has 1 aliphatic heterocycles. The Labute approximate surface area is 151 Å². The van der Waals surface area contributed by atoms with E-state index in [4.69, 9.17) is 0 Å². The van der Waals surface area contributed by atoms with Crippen molar-refractivity contribution in [2.45, 2.75) is 32.2 Å². The van der Waals surface area contributed by atoms with Gasteiger partial charge in [-0.2, -0.15) is 0 Å². The Hall–Kier alpha value is -2.13. The van der Waals surface area contributed by atoms with Crippen molar-refractivity contribution in [1.82, 2.24) is 10.2 Å². The molecule has 1 heterocycles. The van der Waals surface area contributed by atoms with E-state index in [2.05, 4.69) is 59.7 Å². The van der Waals surface area contributed by atoms with Gasteiger partial charge >= 0.3 is 0 Å². The number of amides is 1. The van der Waals surface area contributed by atoms with Crippen LogP contribution in [0.3, 0.4) is 0 Å². The van der Waals surface area contributed by atoms with E-state index in [-0.39, 0.29) is 11.8 Å². The van der Waals surface area contributed by atoms with Crippen LogP contribution in [0.4, 0.5) is 0 Å². The number of hydrogen-bond acceptors (Lipinski definition) is 2. The quantitative estimate of drug-likeness (QED) is 0.867. The standard InChI is InChI=1S/C12H15NO.C10H13N/c1-13-12(14)11-7-6-9-4-2-3-5-10(9)8-11;1-11-7-6-9-4-2-3-5-10(9)8-11/h2-5,11H,6-8H2,1H3,(H,13,14);2-5H,6-8H2,1H3. The van der Waals surface area contributed by atoms with Gasteiger partial charge in [-0.3, -0.25) is 4.79 Å². The zero-order valence-corrected chi connectivity index (χ0v) is 15.3. The number of benzene rings is 2. The molecule has 0 radical (unpaired) electrons. The second-order valence-electron chi connectivity index (χ2n) is 7.08. The summed E-state index contributed by atoms with van der Waals surface area (Å²) in [5, 5.41) is 2.73. The SMILES string of the molecule is CN1CCc2ccccc2C1.CNC(=O)C1CCc2ccccc2C1. The van der Waals surface area contributed by atoms with Crippen LogP contribution in [0.15, 0.2) is 48.5 Å². The van der Waals surface area contributed by atoms with Crippen molar-refractivity contribution in [3.63, 3.8) is 0 Å². The molecule has 132 valence electrons. The molecule has 0 bridgehead atoms. The van der Waals surface area contributed by atoms with E-state index in [9.17, 15) is 4.79 Å². The van der Waals surface area contributed by atoms with Crippen LogP contribution in [0.2, 0.25) is 0 Å². The lowest BCUT2D eigenvalue weighted by Crippen LogP contribution is -2.31. The van der Waals surface area contributed by atoms with E-state index in [1.54, 1.807) is 7.05 Å². The van der Waals surface area contributed by atoms with Crippen LogP contribution in [-0.2, 0) is 30.6 Å². The molecule has 0 saturated heterocycles. The van der Waals surface area contributed by atoms with E-state index < -0.39 is 0 Å². The molecule has 1 aliphatic carbocycles. The average Bonchev–Trinajstić information content (AvgIpc) is 2.67. The van der Waals surface area contributed by atoms with Gasteiger partial charge in [0.2, 0.25) is 5.91 Å². The lowest BCUT2D eigenvalue weighted by Gasteiger charge is -2.24. The van der Waals surface area contributed by atoms with E-state index in [1.165, 1.54) is 35.2 Å². The molecular formula is C22H28N2O. The monoisotopic (exact) mass is 336 g/mol. The van der Waals surface area contributed by atoms with E-state index in [1.807, 2.05) is 6.07 Å². The molecule has 1 amide bonds. The molecule has 1 unspecified atom stereocenters. The Kier molecular flexibility index (Phi) is 5.87. The Morgan fingerprint density at radius 1 is 0.960 bits per heavy atom. The lowest BCUT2D eigenvalue weighted by atomic mass is 9.83. The number of nitrogens with zero attached hydrogens (tertiary/aromatic N) is 1. The molecule has 0 saturated carbocycles. The summed E-state index contributed by atoms with van der Waals surface area (Å²) in [4.78, 5) is 13.8.